The smallest absolute Gasteiger partial charge is 0.130 e. The van der Waals surface area contributed by atoms with Crippen molar-refractivity contribution in [1.82, 2.24) is 0 Å². The first-order valence-corrected chi connectivity index (χ1v) is 9.16. The number of aliphatic hydroxyl groups excluding tert-OH is 2. The molecule has 0 bridgehead atoms. The molecule has 0 aromatic rings. The van der Waals surface area contributed by atoms with E-state index in [1.54, 1.807) is 0 Å². The summed E-state index contributed by atoms with van der Waals surface area (Å²) in [5.41, 5.74) is -0.0234. The summed E-state index contributed by atoms with van der Waals surface area (Å²) < 4.78 is 0. The Labute approximate surface area is 138 Å². The fraction of sp³-hybridized carbons (Fsp3) is 0.800. The van der Waals surface area contributed by atoms with E-state index in [2.05, 4.69) is 12.8 Å². The molecule has 0 aliphatic heterocycles. The molecule has 0 aromatic heterocycles. The second-order valence-corrected chi connectivity index (χ2v) is 8.62. The van der Waals surface area contributed by atoms with E-state index < -0.39 is 11.7 Å². The van der Waals surface area contributed by atoms with Gasteiger partial charge in [-0.1, -0.05) is 24.5 Å². The number of rotatable bonds is 0. The maximum Gasteiger partial charge on any atom is 0.130 e. The molecule has 3 N–H and O–H groups in total. The molecule has 3 nitrogen and oxygen atoms in total. The molecule has 4 aliphatic rings. The van der Waals surface area contributed by atoms with Crippen LogP contribution in [0, 0.1) is 41.4 Å². The minimum atomic E-state index is -1.02. The maximum absolute atomic E-state index is 10.9. The van der Waals surface area contributed by atoms with Gasteiger partial charge < -0.3 is 15.3 Å². The average molecular weight is 316 g/mol. The number of terminal acetylenes is 1. The second-order valence-electron chi connectivity index (χ2n) is 8.62. The third kappa shape index (κ3) is 2.02. The van der Waals surface area contributed by atoms with E-state index >= 15 is 0 Å². The Balaban J connectivity index is 1.70. The lowest BCUT2D eigenvalue weighted by atomic mass is 9.50. The maximum atomic E-state index is 10.9. The quantitative estimate of drug-likeness (QED) is 0.474. The molecule has 0 radical (unpaired) electrons. The minimum absolute atomic E-state index is 0.208. The van der Waals surface area contributed by atoms with E-state index in [9.17, 15) is 15.3 Å². The Bertz CT molecular complexity index is 576. The molecule has 23 heavy (non-hydrogen) atoms. The SMILES string of the molecule is C#C[C@]1(O)CCC2C3C(CC[C@@]21C)[C@H]1CC[C@H](O)CC1=C[C@@H]3O. The highest BCUT2D eigenvalue weighted by Gasteiger charge is 2.63. The third-order valence-corrected chi connectivity index (χ3v) is 7.83. The lowest BCUT2D eigenvalue weighted by Crippen LogP contribution is -2.55. The lowest BCUT2D eigenvalue weighted by molar-refractivity contribution is -0.107. The van der Waals surface area contributed by atoms with Crippen LogP contribution in [-0.4, -0.2) is 33.1 Å². The van der Waals surface area contributed by atoms with Crippen LogP contribution >= 0.6 is 0 Å². The molecule has 3 unspecified atom stereocenters. The van der Waals surface area contributed by atoms with Crippen LogP contribution in [0.4, 0.5) is 0 Å². The molecular weight excluding hydrogens is 288 g/mol. The van der Waals surface area contributed by atoms with E-state index in [0.29, 0.717) is 24.2 Å². The summed E-state index contributed by atoms with van der Waals surface area (Å²) in [7, 11) is 0. The first-order valence-electron chi connectivity index (χ1n) is 9.16. The Kier molecular flexibility index (Phi) is 3.47. The summed E-state index contributed by atoms with van der Waals surface area (Å²) in [4.78, 5) is 0. The van der Waals surface area contributed by atoms with Crippen molar-refractivity contribution in [3.8, 4) is 12.3 Å². The van der Waals surface area contributed by atoms with Crippen LogP contribution in [0.25, 0.3) is 0 Å². The minimum Gasteiger partial charge on any atom is -0.393 e. The summed E-state index contributed by atoms with van der Waals surface area (Å²) in [6, 6.07) is 0. The molecule has 3 saturated carbocycles. The van der Waals surface area contributed by atoms with Gasteiger partial charge >= 0.3 is 0 Å². The van der Waals surface area contributed by atoms with Crippen LogP contribution in [-0.2, 0) is 0 Å². The van der Waals surface area contributed by atoms with Crippen molar-refractivity contribution < 1.29 is 15.3 Å². The van der Waals surface area contributed by atoms with E-state index in [1.165, 1.54) is 5.57 Å². The molecule has 8 atom stereocenters. The lowest BCUT2D eigenvalue weighted by Gasteiger charge is -2.55. The van der Waals surface area contributed by atoms with E-state index in [-0.39, 0.29) is 17.4 Å². The van der Waals surface area contributed by atoms with Crippen molar-refractivity contribution >= 4 is 0 Å². The van der Waals surface area contributed by atoms with Gasteiger partial charge in [0.1, 0.15) is 5.60 Å². The molecule has 0 heterocycles. The van der Waals surface area contributed by atoms with E-state index in [0.717, 1.165) is 38.5 Å². The van der Waals surface area contributed by atoms with Crippen LogP contribution in [0.15, 0.2) is 11.6 Å². The molecule has 4 aliphatic carbocycles. The second kappa shape index (κ2) is 5.09. The fourth-order valence-corrected chi connectivity index (χ4v) is 6.53. The predicted molar refractivity (Wildman–Crippen MR) is 88.3 cm³/mol. The first kappa shape index (κ1) is 15.7. The van der Waals surface area contributed by atoms with Crippen LogP contribution in [0.2, 0.25) is 0 Å². The molecule has 0 aromatic carbocycles. The molecule has 4 rings (SSSR count). The number of fused-ring (bicyclic) bond motifs is 5. The van der Waals surface area contributed by atoms with E-state index in [4.69, 9.17) is 6.42 Å². The Hall–Kier alpha value is -0.820. The van der Waals surface area contributed by atoms with Crippen molar-refractivity contribution in [2.45, 2.75) is 69.7 Å². The van der Waals surface area contributed by atoms with Crippen LogP contribution in [0.1, 0.15) is 51.9 Å². The Morgan fingerprint density at radius 2 is 1.96 bits per heavy atom. The largest absolute Gasteiger partial charge is 0.393 e. The van der Waals surface area contributed by atoms with Crippen LogP contribution in [0.3, 0.4) is 0 Å². The molecule has 3 fully saturated rings. The predicted octanol–water partition coefficient (Wildman–Crippen LogP) is 2.26. The molecule has 126 valence electrons. The summed E-state index contributed by atoms with van der Waals surface area (Å²) in [6.07, 6.45) is 13.2. The third-order valence-electron chi connectivity index (χ3n) is 7.83. The molecular formula is C20H28O3. The zero-order valence-corrected chi connectivity index (χ0v) is 13.9. The van der Waals surface area contributed by atoms with E-state index in [1.807, 2.05) is 6.08 Å². The molecule has 0 spiro atoms. The number of hydrogen-bond acceptors (Lipinski definition) is 3. The fourth-order valence-electron chi connectivity index (χ4n) is 6.53. The zero-order chi connectivity index (χ0) is 16.4. The highest BCUT2D eigenvalue weighted by atomic mass is 16.3. The van der Waals surface area contributed by atoms with Gasteiger partial charge in [-0.3, -0.25) is 0 Å². The van der Waals surface area contributed by atoms with Gasteiger partial charge in [0, 0.05) is 5.41 Å². The monoisotopic (exact) mass is 316 g/mol. The highest BCUT2D eigenvalue weighted by molar-refractivity contribution is 5.27. The zero-order valence-electron chi connectivity index (χ0n) is 13.9. The van der Waals surface area contributed by atoms with Gasteiger partial charge in [-0.05, 0) is 68.6 Å². The topological polar surface area (TPSA) is 60.7 Å². The van der Waals surface area contributed by atoms with Crippen molar-refractivity contribution in [1.29, 1.82) is 0 Å². The summed E-state index contributed by atoms with van der Waals surface area (Å²) in [6.45, 7) is 2.14. The normalized spacial score (nSPS) is 55.2. The van der Waals surface area contributed by atoms with Crippen molar-refractivity contribution in [2.24, 2.45) is 29.1 Å². The van der Waals surface area contributed by atoms with Gasteiger partial charge in [0.25, 0.3) is 0 Å². The molecule has 0 amide bonds. The van der Waals surface area contributed by atoms with Gasteiger partial charge in [-0.15, -0.1) is 6.42 Å². The number of aliphatic hydroxyl groups is 3. The summed E-state index contributed by atoms with van der Waals surface area (Å²) >= 11 is 0. The Morgan fingerprint density at radius 1 is 1.17 bits per heavy atom. The van der Waals surface area contributed by atoms with Crippen molar-refractivity contribution in [2.75, 3.05) is 0 Å². The molecule has 3 heteroatoms. The van der Waals surface area contributed by atoms with Crippen LogP contribution in [0.5, 0.6) is 0 Å². The first-order chi connectivity index (χ1) is 10.9. The van der Waals surface area contributed by atoms with Gasteiger partial charge in [0.2, 0.25) is 0 Å². The summed E-state index contributed by atoms with van der Waals surface area (Å²) in [5, 5.41) is 31.7. The summed E-state index contributed by atoms with van der Waals surface area (Å²) in [5.74, 6) is 4.17. The van der Waals surface area contributed by atoms with Gasteiger partial charge in [-0.25, -0.2) is 0 Å². The van der Waals surface area contributed by atoms with Crippen molar-refractivity contribution in [3.63, 3.8) is 0 Å². The van der Waals surface area contributed by atoms with Crippen LogP contribution < -0.4 is 0 Å². The number of hydrogen-bond donors (Lipinski definition) is 3. The van der Waals surface area contributed by atoms with Gasteiger partial charge in [-0.2, -0.15) is 0 Å². The Morgan fingerprint density at radius 3 is 2.70 bits per heavy atom. The van der Waals surface area contributed by atoms with Gasteiger partial charge in [0.15, 0.2) is 0 Å². The highest BCUT2D eigenvalue weighted by Crippen LogP contribution is 2.64. The van der Waals surface area contributed by atoms with Gasteiger partial charge in [0.05, 0.1) is 12.2 Å². The standard InChI is InChI=1S/C20H28O3/c1-3-20(23)9-7-16-18-15(6-8-19(16,20)2)14-5-4-13(21)10-12(14)11-17(18)22/h1,11,13-18,21-23H,4-10H2,2H3/t13-,14-,15?,16?,17-,18?,19-,20-/m0/s1. The average Bonchev–Trinajstić information content (AvgIpc) is 2.79. The molecule has 0 saturated heterocycles. The van der Waals surface area contributed by atoms with Crippen molar-refractivity contribution in [3.05, 3.63) is 11.6 Å².